The van der Waals surface area contributed by atoms with E-state index in [1.165, 1.54) is 44.0 Å². The lowest BCUT2D eigenvalue weighted by atomic mass is 10.1. The van der Waals surface area contributed by atoms with Gasteiger partial charge in [0.15, 0.2) is 0 Å². The summed E-state index contributed by atoms with van der Waals surface area (Å²) >= 11 is 0. The van der Waals surface area contributed by atoms with Gasteiger partial charge in [0, 0.05) is 24.3 Å². The number of nitrogen functional groups attached to an aromatic ring is 1. The van der Waals surface area contributed by atoms with Crippen LogP contribution in [0, 0.1) is 0 Å². The highest BCUT2D eigenvalue weighted by atomic mass is 32.2. The number of sulfonamides is 1. The largest absolute Gasteiger partial charge is 0.494 e. The van der Waals surface area contributed by atoms with E-state index in [4.69, 9.17) is 10.5 Å². The molecule has 2 aliphatic rings. The summed E-state index contributed by atoms with van der Waals surface area (Å²) in [6.07, 6.45) is 4.63. The lowest BCUT2D eigenvalue weighted by Crippen LogP contribution is -2.29. The average Bonchev–Trinajstić information content (AvgIpc) is 2.98. The predicted octanol–water partition coefficient (Wildman–Crippen LogP) is 2.76. The van der Waals surface area contributed by atoms with Crippen molar-refractivity contribution in [3.8, 4) is 5.75 Å². The molecule has 0 aromatic heterocycles. The van der Waals surface area contributed by atoms with Crippen LogP contribution in [0.3, 0.4) is 0 Å². The van der Waals surface area contributed by atoms with E-state index in [2.05, 4.69) is 26.7 Å². The molecule has 0 bridgehead atoms. The molecule has 0 radical (unpaired) electrons. The zero-order valence-electron chi connectivity index (χ0n) is 17.0. The number of benzene rings is 2. The zero-order chi connectivity index (χ0) is 21.0. The molecule has 2 heterocycles. The van der Waals surface area contributed by atoms with Crippen molar-refractivity contribution in [1.29, 1.82) is 0 Å². The number of amidine groups is 1. The molecule has 1 fully saturated rings. The molecular formula is C22H28N4O3S. The third-order valence-corrected chi connectivity index (χ3v) is 6.70. The Kier molecular flexibility index (Phi) is 6.24. The van der Waals surface area contributed by atoms with Gasteiger partial charge in [-0.3, -0.25) is 4.90 Å². The van der Waals surface area contributed by atoms with Crippen molar-refractivity contribution in [2.75, 3.05) is 32.0 Å². The van der Waals surface area contributed by atoms with Crippen molar-refractivity contribution in [3.05, 3.63) is 53.6 Å². The van der Waals surface area contributed by atoms with Gasteiger partial charge in [-0.05, 0) is 68.2 Å². The Labute approximate surface area is 178 Å². The molecule has 0 amide bonds. The van der Waals surface area contributed by atoms with Crippen LogP contribution in [0.15, 0.2) is 51.8 Å². The summed E-state index contributed by atoms with van der Waals surface area (Å²) in [5, 5.41) is 3.11. The summed E-state index contributed by atoms with van der Waals surface area (Å²) in [5.41, 5.74) is 7.94. The van der Waals surface area contributed by atoms with Gasteiger partial charge in [0.25, 0.3) is 10.0 Å². The number of fused-ring (bicyclic) bond motifs is 1. The second kappa shape index (κ2) is 9.06. The van der Waals surface area contributed by atoms with Gasteiger partial charge < -0.3 is 15.8 Å². The number of hydrogen-bond donors (Lipinski definition) is 2. The Hall–Kier alpha value is -2.58. The first kappa shape index (κ1) is 20.7. The molecule has 0 atom stereocenters. The molecule has 0 unspecified atom stereocenters. The minimum absolute atomic E-state index is 0.159. The topological polar surface area (TPSA) is 97.0 Å². The Bertz CT molecular complexity index is 1030. The highest BCUT2D eigenvalue weighted by Gasteiger charge is 2.28. The van der Waals surface area contributed by atoms with E-state index in [0.29, 0.717) is 30.2 Å². The summed E-state index contributed by atoms with van der Waals surface area (Å²) in [6, 6.07) is 13.1. The summed E-state index contributed by atoms with van der Waals surface area (Å²) in [7, 11) is -3.67. The standard InChI is InChI=1S/C22H28N4O3S/c23-18-8-9-20-21(15-18)30(27,28)25-22(20)24-10-5-13-29-19-7-4-6-17(14-19)16-26-11-2-1-3-12-26/h4,6-9,14-15H,1-3,5,10-13,16,23H2,(H,24,25). The van der Waals surface area contributed by atoms with Crippen molar-refractivity contribution in [2.24, 2.45) is 4.40 Å². The summed E-state index contributed by atoms with van der Waals surface area (Å²) in [5.74, 6) is 1.24. The maximum Gasteiger partial charge on any atom is 0.285 e. The van der Waals surface area contributed by atoms with Crippen LogP contribution in [0.5, 0.6) is 5.75 Å². The Balaban J connectivity index is 1.25. The molecule has 0 saturated carbocycles. The minimum atomic E-state index is -3.67. The van der Waals surface area contributed by atoms with E-state index in [9.17, 15) is 8.42 Å². The second-order valence-corrected chi connectivity index (χ2v) is 9.36. The van der Waals surface area contributed by atoms with E-state index < -0.39 is 10.0 Å². The molecule has 3 N–H and O–H groups in total. The molecule has 1 saturated heterocycles. The van der Waals surface area contributed by atoms with Crippen molar-refractivity contribution in [1.82, 2.24) is 10.2 Å². The highest BCUT2D eigenvalue weighted by Crippen LogP contribution is 2.27. The highest BCUT2D eigenvalue weighted by molar-refractivity contribution is 7.90. The maximum absolute atomic E-state index is 12.2. The van der Waals surface area contributed by atoms with Gasteiger partial charge >= 0.3 is 0 Å². The molecule has 2 aromatic rings. The molecule has 160 valence electrons. The number of anilines is 1. The first-order valence-corrected chi connectivity index (χ1v) is 11.9. The molecule has 7 nitrogen and oxygen atoms in total. The molecule has 2 aromatic carbocycles. The second-order valence-electron chi connectivity index (χ2n) is 7.78. The van der Waals surface area contributed by atoms with E-state index >= 15 is 0 Å². The number of nitrogens with zero attached hydrogens (tertiary/aromatic N) is 2. The molecule has 2 aliphatic heterocycles. The number of nitrogens with one attached hydrogen (secondary N) is 1. The fourth-order valence-corrected chi connectivity index (χ4v) is 5.10. The number of ether oxygens (including phenoxy) is 1. The lowest BCUT2D eigenvalue weighted by molar-refractivity contribution is 0.220. The van der Waals surface area contributed by atoms with Crippen LogP contribution in [0.2, 0.25) is 0 Å². The van der Waals surface area contributed by atoms with Crippen molar-refractivity contribution < 1.29 is 13.2 Å². The SMILES string of the molecule is Nc1ccc2c(c1)S(=O)(=O)N=C2NCCCOc1cccc(CN2CCCCC2)c1. The van der Waals surface area contributed by atoms with E-state index in [1.807, 2.05) is 12.1 Å². The number of piperidine rings is 1. The number of nitrogens with two attached hydrogens (primary N) is 1. The number of rotatable bonds is 7. The van der Waals surface area contributed by atoms with Gasteiger partial charge in [0.05, 0.1) is 6.61 Å². The molecule has 0 aliphatic carbocycles. The fourth-order valence-electron chi connectivity index (χ4n) is 3.87. The Morgan fingerprint density at radius 3 is 2.77 bits per heavy atom. The van der Waals surface area contributed by atoms with Crippen molar-refractivity contribution in [3.63, 3.8) is 0 Å². The fraction of sp³-hybridized carbons (Fsp3) is 0.409. The van der Waals surface area contributed by atoms with Gasteiger partial charge in [0.2, 0.25) is 0 Å². The molecule has 30 heavy (non-hydrogen) atoms. The average molecular weight is 429 g/mol. The van der Waals surface area contributed by atoms with Crippen LogP contribution in [0.25, 0.3) is 0 Å². The quantitative estimate of drug-likeness (QED) is 0.520. The van der Waals surface area contributed by atoms with Crippen molar-refractivity contribution >= 4 is 21.5 Å². The first-order chi connectivity index (χ1) is 14.5. The van der Waals surface area contributed by atoms with Gasteiger partial charge in [-0.15, -0.1) is 4.40 Å². The summed E-state index contributed by atoms with van der Waals surface area (Å²) < 4.78 is 34.0. The van der Waals surface area contributed by atoms with Gasteiger partial charge in [-0.25, -0.2) is 0 Å². The van der Waals surface area contributed by atoms with E-state index in [1.54, 1.807) is 12.1 Å². The smallest absolute Gasteiger partial charge is 0.285 e. The first-order valence-electron chi connectivity index (χ1n) is 10.4. The van der Waals surface area contributed by atoms with Crippen LogP contribution in [0.4, 0.5) is 5.69 Å². The third kappa shape index (κ3) is 4.94. The Morgan fingerprint density at radius 1 is 1.10 bits per heavy atom. The number of likely N-dealkylation sites (tertiary alicyclic amines) is 1. The molecule has 0 spiro atoms. The number of hydrogen-bond acceptors (Lipinski definition) is 6. The predicted molar refractivity (Wildman–Crippen MR) is 118 cm³/mol. The zero-order valence-corrected chi connectivity index (χ0v) is 17.8. The van der Waals surface area contributed by atoms with Gasteiger partial charge in [-0.2, -0.15) is 8.42 Å². The molecule has 8 heteroatoms. The van der Waals surface area contributed by atoms with Crippen LogP contribution < -0.4 is 15.8 Å². The Morgan fingerprint density at radius 2 is 1.93 bits per heavy atom. The van der Waals surface area contributed by atoms with Gasteiger partial charge in [-0.1, -0.05) is 18.6 Å². The third-order valence-electron chi connectivity index (χ3n) is 5.39. The van der Waals surface area contributed by atoms with Crippen LogP contribution in [-0.4, -0.2) is 45.4 Å². The normalized spacial score (nSPS) is 17.9. The van der Waals surface area contributed by atoms with Gasteiger partial charge in [0.1, 0.15) is 16.5 Å². The maximum atomic E-state index is 12.2. The molecular weight excluding hydrogens is 400 g/mol. The van der Waals surface area contributed by atoms with Crippen LogP contribution in [0.1, 0.15) is 36.8 Å². The summed E-state index contributed by atoms with van der Waals surface area (Å²) in [4.78, 5) is 2.65. The molecule has 4 rings (SSSR count). The minimum Gasteiger partial charge on any atom is -0.494 e. The van der Waals surface area contributed by atoms with Crippen molar-refractivity contribution in [2.45, 2.75) is 37.1 Å². The van der Waals surface area contributed by atoms with E-state index in [0.717, 1.165) is 18.7 Å². The van der Waals surface area contributed by atoms with Crippen LogP contribution in [-0.2, 0) is 16.6 Å². The van der Waals surface area contributed by atoms with Crippen LogP contribution >= 0.6 is 0 Å². The summed E-state index contributed by atoms with van der Waals surface area (Å²) in [6.45, 7) is 4.41. The monoisotopic (exact) mass is 428 g/mol. The lowest BCUT2D eigenvalue weighted by Gasteiger charge is -2.26. The van der Waals surface area contributed by atoms with E-state index in [-0.39, 0.29) is 4.90 Å².